The van der Waals surface area contributed by atoms with Gasteiger partial charge < -0.3 is 5.32 Å². The highest BCUT2D eigenvalue weighted by Crippen LogP contribution is 2.37. The van der Waals surface area contributed by atoms with Crippen LogP contribution >= 0.6 is 22.9 Å². The smallest absolute Gasteiger partial charge is 0.268 e. The van der Waals surface area contributed by atoms with Crippen LogP contribution in [-0.2, 0) is 0 Å². The minimum atomic E-state index is -0.227. The van der Waals surface area contributed by atoms with Crippen LogP contribution in [0.1, 0.15) is 15.2 Å². The normalized spacial score (nSPS) is 10.7. The van der Waals surface area contributed by atoms with Gasteiger partial charge in [0.2, 0.25) is 0 Å². The van der Waals surface area contributed by atoms with E-state index in [-0.39, 0.29) is 5.91 Å². The van der Waals surface area contributed by atoms with E-state index < -0.39 is 0 Å². The quantitative estimate of drug-likeness (QED) is 0.756. The summed E-state index contributed by atoms with van der Waals surface area (Å²) in [5, 5.41) is 4.22. The zero-order chi connectivity index (χ0) is 14.1. The number of halogens is 1. The van der Waals surface area contributed by atoms with Crippen molar-refractivity contribution in [3.63, 3.8) is 0 Å². The van der Waals surface area contributed by atoms with E-state index in [1.54, 1.807) is 18.3 Å². The lowest BCUT2D eigenvalue weighted by molar-refractivity contribution is 0.103. The van der Waals surface area contributed by atoms with E-state index in [1.807, 2.05) is 31.2 Å². The summed E-state index contributed by atoms with van der Waals surface area (Å²) in [6.45, 7) is 1.99. The highest BCUT2D eigenvalue weighted by molar-refractivity contribution is 7.21. The summed E-state index contributed by atoms with van der Waals surface area (Å²) in [4.78, 5) is 16.9. The van der Waals surface area contributed by atoms with Gasteiger partial charge in [-0.3, -0.25) is 4.79 Å². The van der Waals surface area contributed by atoms with Crippen molar-refractivity contribution in [3.05, 3.63) is 58.1 Å². The van der Waals surface area contributed by atoms with Gasteiger partial charge in [-0.1, -0.05) is 29.8 Å². The molecule has 0 atom stereocenters. The largest absolute Gasteiger partial charge is 0.306 e. The number of benzene rings is 1. The van der Waals surface area contributed by atoms with Gasteiger partial charge in [-0.2, -0.15) is 0 Å². The Kier molecular flexibility index (Phi) is 3.42. The summed E-state index contributed by atoms with van der Waals surface area (Å²) >= 11 is 7.75. The molecule has 0 fully saturated rings. The summed E-state index contributed by atoms with van der Waals surface area (Å²) in [5.74, 6) is 0.289. The first-order chi connectivity index (χ1) is 9.66. The van der Waals surface area contributed by atoms with Crippen LogP contribution in [0.3, 0.4) is 0 Å². The molecule has 0 radical (unpaired) electrons. The first-order valence-electron chi connectivity index (χ1n) is 6.07. The lowest BCUT2D eigenvalue weighted by Crippen LogP contribution is -2.11. The number of nitrogens with one attached hydrogen (secondary N) is 1. The van der Waals surface area contributed by atoms with Crippen molar-refractivity contribution in [3.8, 4) is 0 Å². The molecular formula is C15H11ClN2OS. The maximum absolute atomic E-state index is 12.3. The Morgan fingerprint density at radius 2 is 2.10 bits per heavy atom. The number of rotatable bonds is 2. The fraction of sp³-hybridized carbons (Fsp3) is 0.0667. The fourth-order valence-electron chi connectivity index (χ4n) is 2.03. The predicted molar refractivity (Wildman–Crippen MR) is 83.8 cm³/mol. The molecule has 20 heavy (non-hydrogen) atoms. The van der Waals surface area contributed by atoms with Gasteiger partial charge in [-0.15, -0.1) is 11.3 Å². The van der Waals surface area contributed by atoms with E-state index in [0.29, 0.717) is 15.7 Å². The molecule has 100 valence electrons. The van der Waals surface area contributed by atoms with Crippen LogP contribution in [-0.4, -0.2) is 10.9 Å². The van der Waals surface area contributed by atoms with Gasteiger partial charge in [0.1, 0.15) is 10.7 Å². The molecule has 0 saturated carbocycles. The lowest BCUT2D eigenvalue weighted by Gasteiger charge is -2.02. The van der Waals surface area contributed by atoms with Gasteiger partial charge in [-0.25, -0.2) is 4.98 Å². The van der Waals surface area contributed by atoms with E-state index in [9.17, 15) is 4.79 Å². The van der Waals surface area contributed by atoms with Crippen molar-refractivity contribution in [2.75, 3.05) is 5.32 Å². The van der Waals surface area contributed by atoms with Gasteiger partial charge in [0.15, 0.2) is 0 Å². The van der Waals surface area contributed by atoms with Crippen molar-refractivity contribution in [2.45, 2.75) is 6.92 Å². The predicted octanol–water partition coefficient (Wildman–Crippen LogP) is 4.51. The van der Waals surface area contributed by atoms with E-state index in [2.05, 4.69) is 10.3 Å². The third-order valence-electron chi connectivity index (χ3n) is 2.98. The second-order valence-electron chi connectivity index (χ2n) is 4.36. The third kappa shape index (κ3) is 2.28. The molecule has 0 saturated heterocycles. The Balaban J connectivity index is 2.00. The Hall–Kier alpha value is -1.91. The number of amides is 1. The van der Waals surface area contributed by atoms with Crippen molar-refractivity contribution >= 4 is 44.7 Å². The van der Waals surface area contributed by atoms with Crippen LogP contribution in [0.25, 0.3) is 10.1 Å². The standard InChI is InChI=1S/C15H11ClN2OS/c1-9-5-4-6-10-12(9)13(16)14(20-10)15(19)18-11-7-2-3-8-17-11/h2-8H,1H3,(H,17,18,19). The molecule has 0 spiro atoms. The van der Waals surface area contributed by atoms with Gasteiger partial charge in [-0.05, 0) is 30.7 Å². The van der Waals surface area contributed by atoms with E-state index >= 15 is 0 Å². The highest BCUT2D eigenvalue weighted by Gasteiger charge is 2.18. The van der Waals surface area contributed by atoms with Gasteiger partial charge in [0, 0.05) is 16.3 Å². The van der Waals surface area contributed by atoms with Crippen molar-refractivity contribution in [1.29, 1.82) is 0 Å². The molecular weight excluding hydrogens is 292 g/mol. The van der Waals surface area contributed by atoms with Crippen LogP contribution in [0.2, 0.25) is 5.02 Å². The molecule has 0 bridgehead atoms. The number of aryl methyl sites for hydroxylation is 1. The van der Waals surface area contributed by atoms with Crippen molar-refractivity contribution in [1.82, 2.24) is 4.98 Å². The van der Waals surface area contributed by atoms with Crippen molar-refractivity contribution < 1.29 is 4.79 Å². The van der Waals surface area contributed by atoms with Crippen LogP contribution in [0.4, 0.5) is 5.82 Å². The van der Waals surface area contributed by atoms with Gasteiger partial charge in [0.25, 0.3) is 5.91 Å². The fourth-order valence-corrected chi connectivity index (χ4v) is 3.61. The molecule has 1 amide bonds. The number of pyridine rings is 1. The molecule has 1 N–H and O–H groups in total. The summed E-state index contributed by atoms with van der Waals surface area (Å²) in [7, 11) is 0. The minimum absolute atomic E-state index is 0.227. The number of thiophene rings is 1. The summed E-state index contributed by atoms with van der Waals surface area (Å²) in [6, 6.07) is 11.3. The molecule has 0 aliphatic rings. The maximum atomic E-state index is 12.3. The first kappa shape index (κ1) is 13.1. The minimum Gasteiger partial charge on any atom is -0.306 e. The number of hydrogen-bond acceptors (Lipinski definition) is 3. The molecule has 1 aromatic carbocycles. The highest BCUT2D eigenvalue weighted by atomic mass is 35.5. The summed E-state index contributed by atoms with van der Waals surface area (Å²) in [5.41, 5.74) is 1.07. The molecule has 0 unspecified atom stereocenters. The molecule has 2 heterocycles. The average Bonchev–Trinajstić information content (AvgIpc) is 2.79. The second-order valence-corrected chi connectivity index (χ2v) is 5.79. The topological polar surface area (TPSA) is 42.0 Å². The second kappa shape index (κ2) is 5.23. The molecule has 0 aliphatic heterocycles. The van der Waals surface area contributed by atoms with Gasteiger partial charge in [0.05, 0.1) is 5.02 Å². The SMILES string of the molecule is Cc1cccc2sc(C(=O)Nc3ccccn3)c(Cl)c12. The lowest BCUT2D eigenvalue weighted by atomic mass is 10.1. The van der Waals surface area contributed by atoms with E-state index in [0.717, 1.165) is 15.6 Å². The number of carbonyl (C=O) groups excluding carboxylic acids is 1. The Morgan fingerprint density at radius 1 is 1.25 bits per heavy atom. The monoisotopic (exact) mass is 302 g/mol. The maximum Gasteiger partial charge on any atom is 0.268 e. The number of hydrogen-bond donors (Lipinski definition) is 1. The molecule has 0 aliphatic carbocycles. The molecule has 3 aromatic rings. The first-order valence-corrected chi connectivity index (χ1v) is 7.26. The molecule has 3 nitrogen and oxygen atoms in total. The molecule has 5 heteroatoms. The third-order valence-corrected chi connectivity index (χ3v) is 4.62. The number of anilines is 1. The number of aromatic nitrogens is 1. The van der Waals surface area contributed by atoms with Crippen LogP contribution in [0.15, 0.2) is 42.6 Å². The zero-order valence-corrected chi connectivity index (χ0v) is 12.3. The number of carbonyl (C=O) groups is 1. The van der Waals surface area contributed by atoms with Crippen LogP contribution in [0.5, 0.6) is 0 Å². The molecule has 3 rings (SSSR count). The number of nitrogens with zero attached hydrogens (tertiary/aromatic N) is 1. The number of fused-ring (bicyclic) bond motifs is 1. The average molecular weight is 303 g/mol. The Bertz CT molecular complexity index is 783. The van der Waals surface area contributed by atoms with E-state index in [1.165, 1.54) is 11.3 Å². The zero-order valence-electron chi connectivity index (χ0n) is 10.7. The van der Waals surface area contributed by atoms with Crippen LogP contribution in [0, 0.1) is 6.92 Å². The van der Waals surface area contributed by atoms with Crippen molar-refractivity contribution in [2.24, 2.45) is 0 Å². The van der Waals surface area contributed by atoms with Gasteiger partial charge >= 0.3 is 0 Å². The van der Waals surface area contributed by atoms with E-state index in [4.69, 9.17) is 11.6 Å². The summed E-state index contributed by atoms with van der Waals surface area (Å²) < 4.78 is 1.01. The molecule has 2 aromatic heterocycles. The Morgan fingerprint density at radius 3 is 2.80 bits per heavy atom. The summed E-state index contributed by atoms with van der Waals surface area (Å²) in [6.07, 6.45) is 1.63. The Labute approximate surface area is 125 Å². The van der Waals surface area contributed by atoms with Crippen LogP contribution < -0.4 is 5.32 Å².